The predicted molar refractivity (Wildman–Crippen MR) is 61.8 cm³/mol. The molecule has 0 radical (unpaired) electrons. The van der Waals surface area contributed by atoms with Gasteiger partial charge in [-0.15, -0.1) is 0 Å². The zero-order chi connectivity index (χ0) is 10.7. The molecule has 0 N–H and O–H groups in total. The van der Waals surface area contributed by atoms with Gasteiger partial charge in [0.1, 0.15) is 0 Å². The smallest absolute Gasteiger partial charge is 0.0822 e. The summed E-state index contributed by atoms with van der Waals surface area (Å²) in [7, 11) is 0. The highest BCUT2D eigenvalue weighted by atomic mass is 35.5. The Morgan fingerprint density at radius 2 is 1.93 bits per heavy atom. The molecule has 0 bridgehead atoms. The summed E-state index contributed by atoms with van der Waals surface area (Å²) in [5.74, 6) is 0. The lowest BCUT2D eigenvalue weighted by Crippen LogP contribution is -2.26. The Kier molecular flexibility index (Phi) is 2.98. The van der Waals surface area contributed by atoms with Crippen LogP contribution >= 0.6 is 11.6 Å². The van der Waals surface area contributed by atoms with Crippen molar-refractivity contribution in [1.82, 2.24) is 0 Å². The minimum atomic E-state index is -0.275. The van der Waals surface area contributed by atoms with Crippen molar-refractivity contribution >= 4 is 11.6 Å². The van der Waals surface area contributed by atoms with Gasteiger partial charge in [0, 0.05) is 5.02 Å². The van der Waals surface area contributed by atoms with E-state index < -0.39 is 0 Å². The molecule has 1 nitrogen and oxygen atoms in total. The van der Waals surface area contributed by atoms with Gasteiger partial charge in [0.15, 0.2) is 0 Å². The Labute approximate surface area is 95.7 Å². The maximum atomic E-state index is 9.39. The number of hydrogen-bond acceptors (Lipinski definition) is 1. The van der Waals surface area contributed by atoms with Crippen molar-refractivity contribution in [2.24, 2.45) is 0 Å². The summed E-state index contributed by atoms with van der Waals surface area (Å²) in [5.41, 5.74) is 0.820. The van der Waals surface area contributed by atoms with Crippen molar-refractivity contribution in [3.8, 4) is 6.07 Å². The van der Waals surface area contributed by atoms with E-state index in [1.807, 2.05) is 24.3 Å². The third-order valence-electron chi connectivity index (χ3n) is 3.30. The predicted octanol–water partition coefficient (Wildman–Crippen LogP) is 4.07. The Hall–Kier alpha value is -1.00. The minimum Gasteiger partial charge on any atom is -0.197 e. The van der Waals surface area contributed by atoms with Gasteiger partial charge in [-0.3, -0.25) is 0 Å². The van der Waals surface area contributed by atoms with Gasteiger partial charge in [-0.05, 0) is 30.5 Å². The van der Waals surface area contributed by atoms with Crippen LogP contribution in [0.5, 0.6) is 0 Å². The molecule has 0 heterocycles. The zero-order valence-electron chi connectivity index (χ0n) is 8.67. The SMILES string of the molecule is N#CC1(c2cccc(Cl)c2)CCCCC1. The van der Waals surface area contributed by atoms with E-state index >= 15 is 0 Å². The van der Waals surface area contributed by atoms with Crippen molar-refractivity contribution in [2.45, 2.75) is 37.5 Å². The van der Waals surface area contributed by atoms with Crippen LogP contribution in [0.15, 0.2) is 24.3 Å². The van der Waals surface area contributed by atoms with Crippen molar-refractivity contribution in [1.29, 1.82) is 5.26 Å². The summed E-state index contributed by atoms with van der Waals surface area (Å²) in [6, 6.07) is 10.3. The van der Waals surface area contributed by atoms with E-state index in [0.29, 0.717) is 0 Å². The van der Waals surface area contributed by atoms with Gasteiger partial charge >= 0.3 is 0 Å². The van der Waals surface area contributed by atoms with Crippen LogP contribution in [0.3, 0.4) is 0 Å². The first-order valence-electron chi connectivity index (χ1n) is 5.44. The van der Waals surface area contributed by atoms with Crippen LogP contribution in [0.25, 0.3) is 0 Å². The lowest BCUT2D eigenvalue weighted by Gasteiger charge is -2.31. The maximum Gasteiger partial charge on any atom is 0.0822 e. The Morgan fingerprint density at radius 1 is 1.20 bits per heavy atom. The Balaban J connectivity index is 2.37. The molecule has 2 heteroatoms. The zero-order valence-corrected chi connectivity index (χ0v) is 9.43. The van der Waals surface area contributed by atoms with Gasteiger partial charge in [-0.2, -0.15) is 5.26 Å². The molecule has 78 valence electrons. The average molecular weight is 220 g/mol. The van der Waals surface area contributed by atoms with Crippen LogP contribution in [-0.4, -0.2) is 0 Å². The Morgan fingerprint density at radius 3 is 2.53 bits per heavy atom. The highest BCUT2D eigenvalue weighted by Crippen LogP contribution is 2.39. The second kappa shape index (κ2) is 4.24. The number of nitriles is 1. The third-order valence-corrected chi connectivity index (χ3v) is 3.53. The Bertz CT molecular complexity index is 386. The first-order chi connectivity index (χ1) is 7.27. The summed E-state index contributed by atoms with van der Waals surface area (Å²) >= 11 is 5.97. The molecule has 0 aromatic heterocycles. The van der Waals surface area contributed by atoms with E-state index in [2.05, 4.69) is 6.07 Å². The van der Waals surface area contributed by atoms with E-state index in [1.54, 1.807) is 0 Å². The van der Waals surface area contributed by atoms with E-state index in [0.717, 1.165) is 36.3 Å². The lowest BCUT2D eigenvalue weighted by molar-refractivity contribution is 0.366. The molecule has 15 heavy (non-hydrogen) atoms. The van der Waals surface area contributed by atoms with Gasteiger partial charge in [-0.25, -0.2) is 0 Å². The third kappa shape index (κ3) is 2.01. The van der Waals surface area contributed by atoms with Gasteiger partial charge in [-0.1, -0.05) is 43.0 Å². The largest absolute Gasteiger partial charge is 0.197 e. The molecule has 1 fully saturated rings. The summed E-state index contributed by atoms with van der Waals surface area (Å²) in [4.78, 5) is 0. The topological polar surface area (TPSA) is 23.8 Å². The van der Waals surface area contributed by atoms with Crippen molar-refractivity contribution in [2.75, 3.05) is 0 Å². The maximum absolute atomic E-state index is 9.39. The normalized spacial score (nSPS) is 19.5. The quantitative estimate of drug-likeness (QED) is 0.699. The molecule has 0 atom stereocenters. The summed E-state index contributed by atoms with van der Waals surface area (Å²) in [6.07, 6.45) is 5.51. The van der Waals surface area contributed by atoms with Crippen molar-refractivity contribution in [3.63, 3.8) is 0 Å². The molecule has 0 saturated heterocycles. The monoisotopic (exact) mass is 219 g/mol. The molecule has 1 aliphatic carbocycles. The lowest BCUT2D eigenvalue weighted by atomic mass is 9.70. The van der Waals surface area contributed by atoms with Crippen LogP contribution in [0.1, 0.15) is 37.7 Å². The van der Waals surface area contributed by atoms with E-state index in [9.17, 15) is 5.26 Å². The molecule has 0 unspecified atom stereocenters. The van der Waals surface area contributed by atoms with Gasteiger partial charge in [0.05, 0.1) is 11.5 Å². The number of rotatable bonds is 1. The first-order valence-corrected chi connectivity index (χ1v) is 5.82. The summed E-state index contributed by atoms with van der Waals surface area (Å²) in [6.45, 7) is 0. The summed E-state index contributed by atoms with van der Waals surface area (Å²) < 4.78 is 0. The van der Waals surface area contributed by atoms with E-state index in [1.165, 1.54) is 6.42 Å². The number of hydrogen-bond donors (Lipinski definition) is 0. The fourth-order valence-electron chi connectivity index (χ4n) is 2.41. The molecule has 0 spiro atoms. The molecule has 1 saturated carbocycles. The number of halogens is 1. The molecular formula is C13H14ClN. The standard InChI is InChI=1S/C13H14ClN/c14-12-6-4-5-11(9-12)13(10-15)7-2-1-3-8-13/h4-6,9H,1-3,7-8H2. The first kappa shape index (κ1) is 10.5. The molecule has 1 aliphatic rings. The van der Waals surface area contributed by atoms with Gasteiger partial charge < -0.3 is 0 Å². The van der Waals surface area contributed by atoms with E-state index in [4.69, 9.17) is 11.6 Å². The van der Waals surface area contributed by atoms with E-state index in [-0.39, 0.29) is 5.41 Å². The molecule has 0 aliphatic heterocycles. The number of nitrogens with zero attached hydrogens (tertiary/aromatic N) is 1. The summed E-state index contributed by atoms with van der Waals surface area (Å²) in [5, 5.41) is 10.1. The van der Waals surface area contributed by atoms with Crippen LogP contribution in [0, 0.1) is 11.3 Å². The van der Waals surface area contributed by atoms with Gasteiger partial charge in [0.2, 0.25) is 0 Å². The van der Waals surface area contributed by atoms with Crippen molar-refractivity contribution < 1.29 is 0 Å². The molecule has 0 amide bonds. The minimum absolute atomic E-state index is 0.275. The highest BCUT2D eigenvalue weighted by molar-refractivity contribution is 6.30. The number of benzene rings is 1. The fourth-order valence-corrected chi connectivity index (χ4v) is 2.60. The van der Waals surface area contributed by atoms with Gasteiger partial charge in [0.25, 0.3) is 0 Å². The van der Waals surface area contributed by atoms with Crippen LogP contribution in [0.4, 0.5) is 0 Å². The average Bonchev–Trinajstić information content (AvgIpc) is 2.30. The molecule has 1 aromatic rings. The molecule has 2 rings (SSSR count). The molecular weight excluding hydrogens is 206 g/mol. The van der Waals surface area contributed by atoms with Crippen LogP contribution < -0.4 is 0 Å². The van der Waals surface area contributed by atoms with Crippen molar-refractivity contribution in [3.05, 3.63) is 34.9 Å². The second-order valence-electron chi connectivity index (χ2n) is 4.26. The van der Waals surface area contributed by atoms with Crippen LogP contribution in [-0.2, 0) is 5.41 Å². The highest BCUT2D eigenvalue weighted by Gasteiger charge is 2.33. The molecule has 1 aromatic carbocycles. The van der Waals surface area contributed by atoms with Crippen LogP contribution in [0.2, 0.25) is 5.02 Å². The fraction of sp³-hybridized carbons (Fsp3) is 0.462. The second-order valence-corrected chi connectivity index (χ2v) is 4.70.